The lowest BCUT2D eigenvalue weighted by Gasteiger charge is -2.25. The molecule has 0 saturated heterocycles. The van der Waals surface area contributed by atoms with Gasteiger partial charge in [0.15, 0.2) is 5.60 Å². The highest BCUT2D eigenvalue weighted by atomic mass is 79.9. The van der Waals surface area contributed by atoms with Crippen molar-refractivity contribution in [1.29, 1.82) is 0 Å². The number of aryl methyl sites for hydroxylation is 1. The van der Waals surface area contributed by atoms with E-state index in [9.17, 15) is 9.90 Å². The first-order valence-electron chi connectivity index (χ1n) is 7.89. The number of carbonyl (C=O) groups is 1. The Morgan fingerprint density at radius 1 is 1.16 bits per heavy atom. The van der Waals surface area contributed by atoms with Gasteiger partial charge in [-0.15, -0.1) is 0 Å². The molecule has 0 saturated carbocycles. The number of hydrogen-bond donors (Lipinski definition) is 2. The first kappa shape index (κ1) is 17.5. The predicted molar refractivity (Wildman–Crippen MR) is 95.9 cm³/mol. The Hall–Kier alpha value is -2.31. The Kier molecular flexibility index (Phi) is 5.40. The van der Waals surface area contributed by atoms with Crippen molar-refractivity contribution >= 4 is 21.8 Å². The van der Waals surface area contributed by atoms with E-state index in [1.165, 1.54) is 18.8 Å². The number of halogens is 1. The van der Waals surface area contributed by atoms with Crippen molar-refractivity contribution in [2.45, 2.75) is 18.4 Å². The molecule has 0 spiro atoms. The maximum atomic E-state index is 12.2. The monoisotopic (exact) mass is 403 g/mol. The van der Waals surface area contributed by atoms with Gasteiger partial charge >= 0.3 is 0 Å². The summed E-state index contributed by atoms with van der Waals surface area (Å²) >= 11 is 3.47. The Balaban J connectivity index is 1.64. The molecule has 5 nitrogen and oxygen atoms in total. The van der Waals surface area contributed by atoms with E-state index < -0.39 is 5.60 Å². The standard InChI is InChI=1S/C19H18BrNO4/c20-16-5-2-1-4-14(16)7-8-18(22)21-13-19(23,15-9-11-24-12-15)17-6-3-10-25-17/h1-6,9-12,23H,7-8,13H2,(H,21,22). The van der Waals surface area contributed by atoms with Crippen molar-refractivity contribution in [2.24, 2.45) is 0 Å². The van der Waals surface area contributed by atoms with Crippen LogP contribution in [0.25, 0.3) is 0 Å². The number of rotatable bonds is 7. The zero-order chi connectivity index (χ0) is 17.7. The van der Waals surface area contributed by atoms with E-state index >= 15 is 0 Å². The molecule has 1 aromatic carbocycles. The summed E-state index contributed by atoms with van der Waals surface area (Å²) in [5, 5.41) is 13.8. The number of nitrogens with one attached hydrogen (secondary N) is 1. The average molecular weight is 404 g/mol. The molecule has 1 amide bonds. The summed E-state index contributed by atoms with van der Waals surface area (Å²) in [5.41, 5.74) is 0.113. The van der Waals surface area contributed by atoms with Crippen LogP contribution in [0.5, 0.6) is 0 Å². The van der Waals surface area contributed by atoms with Gasteiger partial charge in [0, 0.05) is 16.5 Å². The van der Waals surface area contributed by atoms with Gasteiger partial charge in [-0.2, -0.15) is 0 Å². The fourth-order valence-electron chi connectivity index (χ4n) is 2.61. The number of furan rings is 2. The van der Waals surface area contributed by atoms with Gasteiger partial charge < -0.3 is 19.3 Å². The zero-order valence-electron chi connectivity index (χ0n) is 13.4. The summed E-state index contributed by atoms with van der Waals surface area (Å²) < 4.78 is 11.4. The second-order valence-electron chi connectivity index (χ2n) is 5.72. The summed E-state index contributed by atoms with van der Waals surface area (Å²) in [6.07, 6.45) is 5.32. The van der Waals surface area contributed by atoms with Crippen LogP contribution in [-0.4, -0.2) is 17.6 Å². The zero-order valence-corrected chi connectivity index (χ0v) is 15.0. The van der Waals surface area contributed by atoms with E-state index in [0.29, 0.717) is 24.2 Å². The second kappa shape index (κ2) is 7.72. The van der Waals surface area contributed by atoms with E-state index in [1.807, 2.05) is 24.3 Å². The van der Waals surface area contributed by atoms with E-state index in [1.54, 1.807) is 18.2 Å². The summed E-state index contributed by atoms with van der Waals surface area (Å²) in [7, 11) is 0. The minimum Gasteiger partial charge on any atom is -0.472 e. The summed E-state index contributed by atoms with van der Waals surface area (Å²) in [5.74, 6) is 0.198. The fourth-order valence-corrected chi connectivity index (χ4v) is 3.09. The number of aliphatic hydroxyl groups is 1. The van der Waals surface area contributed by atoms with Crippen LogP contribution in [0.1, 0.15) is 23.3 Å². The number of amides is 1. The third kappa shape index (κ3) is 4.03. The quantitative estimate of drug-likeness (QED) is 0.631. The number of hydrogen-bond acceptors (Lipinski definition) is 4. The average Bonchev–Trinajstić information content (AvgIpc) is 3.32. The van der Waals surface area contributed by atoms with Crippen molar-refractivity contribution in [3.63, 3.8) is 0 Å². The third-order valence-corrected chi connectivity index (χ3v) is 4.82. The normalized spacial score (nSPS) is 13.4. The van der Waals surface area contributed by atoms with Crippen molar-refractivity contribution in [3.05, 3.63) is 82.6 Å². The van der Waals surface area contributed by atoms with Crippen LogP contribution in [0.2, 0.25) is 0 Å². The minimum absolute atomic E-state index is 0.00512. The molecule has 2 N–H and O–H groups in total. The highest BCUT2D eigenvalue weighted by molar-refractivity contribution is 9.10. The molecule has 130 valence electrons. The van der Waals surface area contributed by atoms with Crippen molar-refractivity contribution < 1.29 is 18.7 Å². The van der Waals surface area contributed by atoms with Crippen LogP contribution in [0, 0.1) is 0 Å². The highest BCUT2D eigenvalue weighted by Crippen LogP contribution is 2.29. The van der Waals surface area contributed by atoms with Gasteiger partial charge in [0.05, 0.1) is 25.3 Å². The fraction of sp³-hybridized carbons (Fsp3) is 0.211. The Bertz CT molecular complexity index is 778. The Labute approximate surface area is 153 Å². The molecule has 2 heterocycles. The van der Waals surface area contributed by atoms with Gasteiger partial charge in [0.25, 0.3) is 0 Å². The second-order valence-corrected chi connectivity index (χ2v) is 6.57. The highest BCUT2D eigenvalue weighted by Gasteiger charge is 2.36. The number of benzene rings is 1. The lowest BCUT2D eigenvalue weighted by molar-refractivity contribution is -0.122. The van der Waals surface area contributed by atoms with Crippen LogP contribution >= 0.6 is 15.9 Å². The molecule has 0 radical (unpaired) electrons. The van der Waals surface area contributed by atoms with Gasteiger partial charge in [-0.3, -0.25) is 4.79 Å². The van der Waals surface area contributed by atoms with Gasteiger partial charge in [0.2, 0.25) is 5.91 Å². The summed E-state index contributed by atoms with van der Waals surface area (Å²) in [4.78, 5) is 12.2. The van der Waals surface area contributed by atoms with Crippen molar-refractivity contribution in [1.82, 2.24) is 5.32 Å². The molecule has 6 heteroatoms. The van der Waals surface area contributed by atoms with E-state index in [4.69, 9.17) is 8.83 Å². The molecule has 1 unspecified atom stereocenters. The SMILES string of the molecule is O=C(CCc1ccccc1Br)NCC(O)(c1ccoc1)c1ccco1. The Morgan fingerprint density at radius 3 is 2.68 bits per heavy atom. The predicted octanol–water partition coefficient (Wildman–Crippen LogP) is 3.62. The maximum absolute atomic E-state index is 12.2. The molecule has 0 aliphatic heterocycles. The first-order chi connectivity index (χ1) is 12.1. The molecule has 3 rings (SSSR count). The summed E-state index contributed by atoms with van der Waals surface area (Å²) in [6, 6.07) is 12.8. The Morgan fingerprint density at radius 2 is 2.00 bits per heavy atom. The van der Waals surface area contributed by atoms with Crippen LogP contribution in [0.4, 0.5) is 0 Å². The van der Waals surface area contributed by atoms with Crippen LogP contribution < -0.4 is 5.32 Å². The third-order valence-electron chi connectivity index (χ3n) is 4.05. The van der Waals surface area contributed by atoms with Gasteiger partial charge in [0.1, 0.15) is 5.76 Å². The number of carbonyl (C=O) groups excluding carboxylic acids is 1. The van der Waals surface area contributed by atoms with Crippen molar-refractivity contribution in [3.8, 4) is 0 Å². The van der Waals surface area contributed by atoms with Crippen LogP contribution in [0.3, 0.4) is 0 Å². The van der Waals surface area contributed by atoms with E-state index in [-0.39, 0.29) is 12.5 Å². The molecule has 2 aromatic heterocycles. The molecular formula is C19H18BrNO4. The largest absolute Gasteiger partial charge is 0.472 e. The molecule has 0 aliphatic carbocycles. The summed E-state index contributed by atoms with van der Waals surface area (Å²) in [6.45, 7) is -0.00512. The van der Waals surface area contributed by atoms with Gasteiger partial charge in [-0.05, 0) is 36.2 Å². The lowest BCUT2D eigenvalue weighted by atomic mass is 9.93. The van der Waals surface area contributed by atoms with Crippen LogP contribution in [0.15, 0.2) is 74.6 Å². The maximum Gasteiger partial charge on any atom is 0.220 e. The molecule has 3 aromatic rings. The van der Waals surface area contributed by atoms with E-state index in [2.05, 4.69) is 21.2 Å². The topological polar surface area (TPSA) is 75.6 Å². The molecule has 25 heavy (non-hydrogen) atoms. The molecular weight excluding hydrogens is 386 g/mol. The molecule has 0 bridgehead atoms. The smallest absolute Gasteiger partial charge is 0.220 e. The van der Waals surface area contributed by atoms with Gasteiger partial charge in [-0.1, -0.05) is 34.1 Å². The first-order valence-corrected chi connectivity index (χ1v) is 8.68. The van der Waals surface area contributed by atoms with E-state index in [0.717, 1.165) is 10.0 Å². The van der Waals surface area contributed by atoms with Crippen molar-refractivity contribution in [2.75, 3.05) is 6.54 Å². The minimum atomic E-state index is -1.47. The molecule has 0 aliphatic rings. The van der Waals surface area contributed by atoms with Crippen LogP contribution in [-0.2, 0) is 16.8 Å². The van der Waals surface area contributed by atoms with Gasteiger partial charge in [-0.25, -0.2) is 0 Å². The lowest BCUT2D eigenvalue weighted by Crippen LogP contribution is -2.41. The molecule has 1 atom stereocenters. The molecule has 0 fully saturated rings.